The first-order valence-corrected chi connectivity index (χ1v) is 9.83. The van der Waals surface area contributed by atoms with Crippen molar-refractivity contribution >= 4 is 23.8 Å². The molecule has 1 heterocycles. The van der Waals surface area contributed by atoms with Gasteiger partial charge in [-0.1, -0.05) is 18.2 Å². The third kappa shape index (κ3) is 5.13. The number of carbonyl (C=O) groups is 4. The molecule has 2 atom stereocenters. The van der Waals surface area contributed by atoms with Gasteiger partial charge in [0.15, 0.2) is 5.92 Å². The Bertz CT molecular complexity index is 716. The highest BCUT2D eigenvalue weighted by Crippen LogP contribution is 2.33. The summed E-state index contributed by atoms with van der Waals surface area (Å²) in [4.78, 5) is 52.2. The lowest BCUT2D eigenvalue weighted by molar-refractivity contribution is -0.165. The molecule has 0 bridgehead atoms. The zero-order valence-corrected chi connectivity index (χ0v) is 17.0. The van der Waals surface area contributed by atoms with Crippen LogP contribution in [0.2, 0.25) is 0 Å². The number of amides is 1. The third-order valence-electron chi connectivity index (χ3n) is 4.71. The lowest BCUT2D eigenvalue weighted by Gasteiger charge is -2.32. The van der Waals surface area contributed by atoms with Crippen molar-refractivity contribution in [3.05, 3.63) is 35.9 Å². The molecule has 2 rings (SSSR count). The predicted octanol–water partition coefficient (Wildman–Crippen LogP) is 1.97. The lowest BCUT2D eigenvalue weighted by atomic mass is 9.97. The van der Waals surface area contributed by atoms with Crippen molar-refractivity contribution in [1.29, 1.82) is 0 Å². The lowest BCUT2D eigenvalue weighted by Crippen LogP contribution is -2.52. The summed E-state index contributed by atoms with van der Waals surface area (Å²) in [5.74, 6) is -3.89. The Labute approximate surface area is 170 Å². The van der Waals surface area contributed by atoms with Crippen molar-refractivity contribution < 1.29 is 33.4 Å². The number of rotatable bonds is 8. The summed E-state index contributed by atoms with van der Waals surface area (Å²) in [6.45, 7) is 5.25. The fourth-order valence-corrected chi connectivity index (χ4v) is 3.53. The van der Waals surface area contributed by atoms with Crippen molar-refractivity contribution in [2.24, 2.45) is 5.92 Å². The Kier molecular flexibility index (Phi) is 8.18. The van der Waals surface area contributed by atoms with E-state index >= 15 is 0 Å². The Morgan fingerprint density at radius 2 is 1.45 bits per heavy atom. The fraction of sp³-hybridized carbons (Fsp3) is 0.524. The van der Waals surface area contributed by atoms with E-state index in [4.69, 9.17) is 14.2 Å². The largest absolute Gasteiger partial charge is 0.465 e. The quantitative estimate of drug-likeness (QED) is 0.370. The van der Waals surface area contributed by atoms with Gasteiger partial charge in [0.2, 0.25) is 0 Å². The smallest absolute Gasteiger partial charge is 0.328 e. The average molecular weight is 405 g/mol. The molecule has 158 valence electrons. The number of nitrogens with zero attached hydrogens (tertiary/aromatic N) is 1. The van der Waals surface area contributed by atoms with Crippen molar-refractivity contribution in [2.45, 2.75) is 45.7 Å². The van der Waals surface area contributed by atoms with E-state index in [9.17, 15) is 19.2 Å². The molecule has 1 fully saturated rings. The topological polar surface area (TPSA) is 99.2 Å². The number of hydrogen-bond acceptors (Lipinski definition) is 7. The van der Waals surface area contributed by atoms with Gasteiger partial charge in [-0.05, 0) is 45.7 Å². The number of ether oxygens (including phenoxy) is 3. The van der Waals surface area contributed by atoms with Gasteiger partial charge in [-0.3, -0.25) is 14.4 Å². The van der Waals surface area contributed by atoms with Crippen LogP contribution in [0.5, 0.6) is 0 Å². The summed E-state index contributed by atoms with van der Waals surface area (Å²) in [5.41, 5.74) is 0.347. The maximum absolute atomic E-state index is 13.3. The van der Waals surface area contributed by atoms with E-state index in [2.05, 4.69) is 0 Å². The molecule has 29 heavy (non-hydrogen) atoms. The number of carbonyl (C=O) groups excluding carboxylic acids is 4. The molecule has 0 aliphatic carbocycles. The summed E-state index contributed by atoms with van der Waals surface area (Å²) in [7, 11) is 0. The van der Waals surface area contributed by atoms with E-state index in [1.165, 1.54) is 4.90 Å². The van der Waals surface area contributed by atoms with Gasteiger partial charge in [0.25, 0.3) is 5.91 Å². The van der Waals surface area contributed by atoms with Crippen LogP contribution >= 0.6 is 0 Å². The van der Waals surface area contributed by atoms with Crippen LogP contribution in [0.25, 0.3) is 0 Å². The standard InChI is InChI=1S/C21H27NO7/c1-4-27-19(24)16-13-12-15(17(20(25)28-5-2)21(26)29-6-3)22(16)18(23)14-10-8-7-9-11-14/h7-11,15-17H,4-6,12-13H2,1-3H3/t15-,16-/m0/s1. The number of benzene rings is 1. The summed E-state index contributed by atoms with van der Waals surface area (Å²) >= 11 is 0. The molecule has 8 nitrogen and oxygen atoms in total. The van der Waals surface area contributed by atoms with Gasteiger partial charge in [0.05, 0.1) is 25.9 Å². The molecule has 0 spiro atoms. The Morgan fingerprint density at radius 3 is 1.97 bits per heavy atom. The molecular formula is C21H27NO7. The first-order chi connectivity index (χ1) is 14.0. The van der Waals surface area contributed by atoms with Crippen LogP contribution in [0.4, 0.5) is 0 Å². The minimum Gasteiger partial charge on any atom is -0.465 e. The molecule has 0 N–H and O–H groups in total. The highest BCUT2D eigenvalue weighted by molar-refractivity contribution is 6.00. The first kappa shape index (κ1) is 22.4. The van der Waals surface area contributed by atoms with E-state index < -0.39 is 41.8 Å². The number of hydrogen-bond donors (Lipinski definition) is 0. The molecule has 0 aromatic heterocycles. The van der Waals surface area contributed by atoms with E-state index in [0.717, 1.165) is 0 Å². The van der Waals surface area contributed by atoms with Gasteiger partial charge in [0.1, 0.15) is 6.04 Å². The Morgan fingerprint density at radius 1 is 0.897 bits per heavy atom. The summed E-state index contributed by atoms with van der Waals surface area (Å²) in [5, 5.41) is 0. The van der Waals surface area contributed by atoms with E-state index in [1.807, 2.05) is 0 Å². The van der Waals surface area contributed by atoms with Gasteiger partial charge < -0.3 is 19.1 Å². The van der Waals surface area contributed by atoms with Crippen molar-refractivity contribution in [3.63, 3.8) is 0 Å². The number of esters is 3. The van der Waals surface area contributed by atoms with E-state index in [1.54, 1.807) is 51.1 Å². The second-order valence-corrected chi connectivity index (χ2v) is 6.47. The maximum Gasteiger partial charge on any atom is 0.328 e. The molecular weight excluding hydrogens is 378 g/mol. The third-order valence-corrected chi connectivity index (χ3v) is 4.71. The molecule has 1 aliphatic heterocycles. The average Bonchev–Trinajstić information content (AvgIpc) is 3.13. The predicted molar refractivity (Wildman–Crippen MR) is 103 cm³/mol. The Hall–Kier alpha value is -2.90. The molecule has 1 aromatic carbocycles. The van der Waals surface area contributed by atoms with Crippen LogP contribution in [0.15, 0.2) is 30.3 Å². The Balaban J connectivity index is 2.45. The zero-order valence-electron chi connectivity index (χ0n) is 17.0. The van der Waals surface area contributed by atoms with Crippen molar-refractivity contribution in [2.75, 3.05) is 19.8 Å². The highest BCUT2D eigenvalue weighted by Gasteiger charge is 2.50. The van der Waals surface area contributed by atoms with Gasteiger partial charge >= 0.3 is 17.9 Å². The highest BCUT2D eigenvalue weighted by atomic mass is 16.6. The zero-order chi connectivity index (χ0) is 21.4. The van der Waals surface area contributed by atoms with Crippen molar-refractivity contribution in [1.82, 2.24) is 4.90 Å². The molecule has 8 heteroatoms. The SMILES string of the molecule is CCOC(=O)C(C(=O)OCC)[C@@H]1CC[C@@H](C(=O)OCC)N1C(=O)c1ccccc1. The van der Waals surface area contributed by atoms with E-state index in [-0.39, 0.29) is 32.7 Å². The molecule has 1 aromatic rings. The number of likely N-dealkylation sites (tertiary alicyclic amines) is 1. The van der Waals surface area contributed by atoms with Crippen LogP contribution in [0.1, 0.15) is 44.0 Å². The van der Waals surface area contributed by atoms with Gasteiger partial charge in [-0.25, -0.2) is 4.79 Å². The second kappa shape index (κ2) is 10.6. The van der Waals surface area contributed by atoms with Crippen LogP contribution < -0.4 is 0 Å². The van der Waals surface area contributed by atoms with Crippen LogP contribution in [-0.4, -0.2) is 60.6 Å². The normalized spacial score (nSPS) is 18.4. The van der Waals surface area contributed by atoms with Gasteiger partial charge in [0, 0.05) is 5.56 Å². The molecule has 0 unspecified atom stereocenters. The molecule has 1 saturated heterocycles. The molecule has 1 aliphatic rings. The maximum atomic E-state index is 13.3. The van der Waals surface area contributed by atoms with Crippen molar-refractivity contribution in [3.8, 4) is 0 Å². The molecule has 0 saturated carbocycles. The molecule has 0 radical (unpaired) electrons. The van der Waals surface area contributed by atoms with Gasteiger partial charge in [-0.15, -0.1) is 0 Å². The van der Waals surface area contributed by atoms with Crippen LogP contribution in [0.3, 0.4) is 0 Å². The van der Waals surface area contributed by atoms with E-state index in [0.29, 0.717) is 5.56 Å². The first-order valence-electron chi connectivity index (χ1n) is 9.83. The monoisotopic (exact) mass is 405 g/mol. The fourth-order valence-electron chi connectivity index (χ4n) is 3.53. The van der Waals surface area contributed by atoms with Crippen LogP contribution in [0, 0.1) is 5.92 Å². The minimum absolute atomic E-state index is 0.0788. The summed E-state index contributed by atoms with van der Waals surface area (Å²) < 4.78 is 15.3. The van der Waals surface area contributed by atoms with Crippen LogP contribution in [-0.2, 0) is 28.6 Å². The second-order valence-electron chi connectivity index (χ2n) is 6.47. The summed E-state index contributed by atoms with van der Waals surface area (Å²) in [6, 6.07) is 6.64. The minimum atomic E-state index is -1.33. The summed E-state index contributed by atoms with van der Waals surface area (Å²) in [6.07, 6.45) is 0.543. The van der Waals surface area contributed by atoms with Gasteiger partial charge in [-0.2, -0.15) is 0 Å². The molecule has 1 amide bonds.